The Balaban J connectivity index is 2.01. The van der Waals surface area contributed by atoms with Gasteiger partial charge in [0.25, 0.3) is 5.91 Å². The number of amides is 1. The van der Waals surface area contributed by atoms with Crippen molar-refractivity contribution >= 4 is 11.7 Å². The van der Waals surface area contributed by atoms with Crippen molar-refractivity contribution in [1.82, 2.24) is 14.8 Å². The van der Waals surface area contributed by atoms with Crippen molar-refractivity contribution in [1.29, 1.82) is 0 Å². The molecular formula is C13H21N5O. The summed E-state index contributed by atoms with van der Waals surface area (Å²) in [6.45, 7) is 6.67. The molecule has 6 heteroatoms. The van der Waals surface area contributed by atoms with Gasteiger partial charge in [-0.3, -0.25) is 9.69 Å². The largest absolute Gasteiger partial charge is 0.336 e. The normalized spacial score (nSPS) is 16.4. The highest BCUT2D eigenvalue weighted by atomic mass is 16.2. The lowest BCUT2D eigenvalue weighted by Crippen LogP contribution is -2.48. The van der Waals surface area contributed by atoms with E-state index in [1.54, 1.807) is 18.3 Å². The number of pyridine rings is 1. The van der Waals surface area contributed by atoms with Crippen molar-refractivity contribution < 1.29 is 4.79 Å². The van der Waals surface area contributed by atoms with Crippen LogP contribution in [0.5, 0.6) is 0 Å². The summed E-state index contributed by atoms with van der Waals surface area (Å²) in [6.07, 6.45) is 2.77. The lowest BCUT2D eigenvalue weighted by atomic mass is 10.2. The molecule has 1 aromatic rings. The second-order valence-corrected chi connectivity index (χ2v) is 4.68. The van der Waals surface area contributed by atoms with E-state index in [0.29, 0.717) is 11.4 Å². The minimum Gasteiger partial charge on any atom is -0.336 e. The fourth-order valence-corrected chi connectivity index (χ4v) is 2.35. The molecule has 0 atom stereocenters. The molecule has 6 nitrogen and oxygen atoms in total. The van der Waals surface area contributed by atoms with E-state index in [1.807, 2.05) is 4.90 Å². The molecule has 0 radical (unpaired) electrons. The van der Waals surface area contributed by atoms with Gasteiger partial charge in [-0.1, -0.05) is 6.92 Å². The first-order valence-corrected chi connectivity index (χ1v) is 6.69. The minimum atomic E-state index is -0.00259. The number of nitrogens with zero attached hydrogens (tertiary/aromatic N) is 3. The second kappa shape index (κ2) is 6.49. The van der Waals surface area contributed by atoms with E-state index < -0.39 is 0 Å². The number of hydrogen-bond donors (Lipinski definition) is 2. The molecule has 0 spiro atoms. The third kappa shape index (κ3) is 3.21. The maximum atomic E-state index is 12.4. The maximum absolute atomic E-state index is 12.4. The number of hydrazine groups is 1. The van der Waals surface area contributed by atoms with Crippen LogP contribution < -0.4 is 11.3 Å². The van der Waals surface area contributed by atoms with E-state index in [9.17, 15) is 4.79 Å². The number of piperazine rings is 1. The summed E-state index contributed by atoms with van der Waals surface area (Å²) < 4.78 is 0. The van der Waals surface area contributed by atoms with Gasteiger partial charge in [-0.05, 0) is 25.1 Å². The lowest BCUT2D eigenvalue weighted by Gasteiger charge is -2.34. The summed E-state index contributed by atoms with van der Waals surface area (Å²) >= 11 is 0. The first kappa shape index (κ1) is 13.8. The molecule has 1 fully saturated rings. The second-order valence-electron chi connectivity index (χ2n) is 4.68. The summed E-state index contributed by atoms with van der Waals surface area (Å²) in [5.74, 6) is 5.82. The number of aromatic nitrogens is 1. The van der Waals surface area contributed by atoms with Gasteiger partial charge in [-0.25, -0.2) is 10.8 Å². The van der Waals surface area contributed by atoms with Crippen LogP contribution in [0.15, 0.2) is 18.3 Å². The minimum absolute atomic E-state index is 0.00259. The average Bonchev–Trinajstić information content (AvgIpc) is 2.47. The van der Waals surface area contributed by atoms with Gasteiger partial charge in [-0.15, -0.1) is 0 Å². The molecule has 104 valence electrons. The maximum Gasteiger partial charge on any atom is 0.257 e. The molecule has 0 unspecified atom stereocenters. The molecular weight excluding hydrogens is 242 g/mol. The van der Waals surface area contributed by atoms with Crippen LogP contribution in [0.3, 0.4) is 0 Å². The number of hydrogen-bond acceptors (Lipinski definition) is 5. The molecule has 19 heavy (non-hydrogen) atoms. The number of nitrogens with two attached hydrogens (primary N) is 1. The van der Waals surface area contributed by atoms with E-state index in [4.69, 9.17) is 5.84 Å². The number of anilines is 1. The zero-order valence-electron chi connectivity index (χ0n) is 11.3. The molecule has 1 aliphatic heterocycles. The fourth-order valence-electron chi connectivity index (χ4n) is 2.35. The Morgan fingerprint density at radius 1 is 1.42 bits per heavy atom. The highest BCUT2D eigenvalue weighted by Gasteiger charge is 2.23. The van der Waals surface area contributed by atoms with Gasteiger partial charge in [-0.2, -0.15) is 0 Å². The molecule has 1 amide bonds. The predicted octanol–water partition coefficient (Wildman–Crippen LogP) is 0.535. The third-order valence-corrected chi connectivity index (χ3v) is 3.37. The Kier molecular flexibility index (Phi) is 4.70. The third-order valence-electron chi connectivity index (χ3n) is 3.37. The standard InChI is InChI=1S/C13H21N5O/c1-2-6-17-7-9-18(10-8-17)13(19)11-4-3-5-15-12(11)16-14/h3-5H,2,6-10,14H2,1H3,(H,15,16). The van der Waals surface area contributed by atoms with Crippen molar-refractivity contribution in [2.75, 3.05) is 38.1 Å². The molecule has 1 saturated heterocycles. The highest BCUT2D eigenvalue weighted by molar-refractivity contribution is 5.98. The van der Waals surface area contributed by atoms with Crippen molar-refractivity contribution in [3.8, 4) is 0 Å². The van der Waals surface area contributed by atoms with E-state index in [-0.39, 0.29) is 5.91 Å². The summed E-state index contributed by atoms with van der Waals surface area (Å²) in [7, 11) is 0. The number of nitrogen functional groups attached to an aromatic ring is 1. The monoisotopic (exact) mass is 263 g/mol. The van der Waals surface area contributed by atoms with E-state index in [2.05, 4.69) is 22.2 Å². The Morgan fingerprint density at radius 2 is 2.16 bits per heavy atom. The smallest absolute Gasteiger partial charge is 0.257 e. The fraction of sp³-hybridized carbons (Fsp3) is 0.538. The van der Waals surface area contributed by atoms with Gasteiger partial charge < -0.3 is 10.3 Å². The average molecular weight is 263 g/mol. The van der Waals surface area contributed by atoms with E-state index in [1.165, 1.54) is 0 Å². The van der Waals surface area contributed by atoms with Crippen LogP contribution in [0, 0.1) is 0 Å². The molecule has 3 N–H and O–H groups in total. The summed E-state index contributed by atoms with van der Waals surface area (Å²) in [5, 5.41) is 0. The molecule has 0 aromatic carbocycles. The first-order chi connectivity index (χ1) is 9.26. The Bertz CT molecular complexity index is 429. The van der Waals surface area contributed by atoms with Crippen LogP contribution >= 0.6 is 0 Å². The number of nitrogens with one attached hydrogen (secondary N) is 1. The van der Waals surface area contributed by atoms with Crippen LogP contribution in [-0.2, 0) is 0 Å². The molecule has 0 saturated carbocycles. The highest BCUT2D eigenvalue weighted by Crippen LogP contribution is 2.14. The van der Waals surface area contributed by atoms with E-state index in [0.717, 1.165) is 39.1 Å². The summed E-state index contributed by atoms with van der Waals surface area (Å²) in [5.41, 5.74) is 3.01. The number of carbonyl (C=O) groups excluding carboxylic acids is 1. The van der Waals surface area contributed by atoms with Crippen molar-refractivity contribution in [2.45, 2.75) is 13.3 Å². The van der Waals surface area contributed by atoms with Crippen molar-refractivity contribution in [2.24, 2.45) is 5.84 Å². The van der Waals surface area contributed by atoms with Crippen molar-refractivity contribution in [3.05, 3.63) is 23.9 Å². The molecule has 0 aliphatic carbocycles. The van der Waals surface area contributed by atoms with Crippen LogP contribution in [0.25, 0.3) is 0 Å². The summed E-state index contributed by atoms with van der Waals surface area (Å²) in [4.78, 5) is 20.7. The lowest BCUT2D eigenvalue weighted by molar-refractivity contribution is 0.0638. The molecule has 2 rings (SSSR count). The molecule has 2 heterocycles. The van der Waals surface area contributed by atoms with E-state index >= 15 is 0 Å². The Labute approximate surface area is 113 Å². The Morgan fingerprint density at radius 3 is 2.79 bits per heavy atom. The predicted molar refractivity (Wildman–Crippen MR) is 74.7 cm³/mol. The Hall–Kier alpha value is -1.66. The van der Waals surface area contributed by atoms with Gasteiger partial charge in [0.05, 0.1) is 5.56 Å². The van der Waals surface area contributed by atoms with Crippen molar-refractivity contribution in [3.63, 3.8) is 0 Å². The molecule has 0 bridgehead atoms. The molecule has 1 aliphatic rings. The first-order valence-electron chi connectivity index (χ1n) is 6.69. The summed E-state index contributed by atoms with van der Waals surface area (Å²) in [6, 6.07) is 3.50. The number of carbonyl (C=O) groups is 1. The van der Waals surface area contributed by atoms with Crippen LogP contribution in [0.4, 0.5) is 5.82 Å². The topological polar surface area (TPSA) is 74.5 Å². The van der Waals surface area contributed by atoms with Gasteiger partial charge in [0, 0.05) is 32.4 Å². The zero-order chi connectivity index (χ0) is 13.7. The quantitative estimate of drug-likeness (QED) is 0.612. The van der Waals surface area contributed by atoms with Gasteiger partial charge in [0.1, 0.15) is 0 Å². The molecule has 1 aromatic heterocycles. The number of rotatable bonds is 4. The van der Waals surface area contributed by atoms with Gasteiger partial charge in [0.2, 0.25) is 0 Å². The van der Waals surface area contributed by atoms with Gasteiger partial charge >= 0.3 is 0 Å². The van der Waals surface area contributed by atoms with Gasteiger partial charge in [0.15, 0.2) is 5.82 Å². The SMILES string of the molecule is CCCN1CCN(C(=O)c2cccnc2NN)CC1. The van der Waals surface area contributed by atoms with Crippen LogP contribution in [0.1, 0.15) is 23.7 Å². The zero-order valence-corrected chi connectivity index (χ0v) is 11.3. The van der Waals surface area contributed by atoms with Crippen LogP contribution in [-0.4, -0.2) is 53.4 Å². The van der Waals surface area contributed by atoms with Crippen LogP contribution in [0.2, 0.25) is 0 Å².